The number of benzene rings is 2. The summed E-state index contributed by atoms with van der Waals surface area (Å²) in [6, 6.07) is 18.9. The number of hydrogen-bond acceptors (Lipinski definition) is 4. The normalized spacial score (nSPS) is 10.7. The number of rotatable bonds is 5. The number of carbonyl (C=O) groups excluding carboxylic acids is 1. The van der Waals surface area contributed by atoms with Gasteiger partial charge in [-0.3, -0.25) is 9.78 Å². The summed E-state index contributed by atoms with van der Waals surface area (Å²) in [5, 5.41) is 3.60. The molecule has 1 N–H and O–H groups in total. The fourth-order valence-electron chi connectivity index (χ4n) is 2.94. The van der Waals surface area contributed by atoms with Crippen molar-refractivity contribution in [2.45, 2.75) is 13.5 Å². The van der Waals surface area contributed by atoms with Crippen LogP contribution in [-0.2, 0) is 6.61 Å². The smallest absolute Gasteiger partial charge is 0.259 e. The van der Waals surface area contributed by atoms with Gasteiger partial charge in [0.2, 0.25) is 0 Å². The number of carbonyl (C=O) groups is 1. The molecule has 0 aliphatic carbocycles. The number of aromatic nitrogens is 1. The average Bonchev–Trinajstić information content (AvgIpc) is 3.03. The molecule has 0 saturated heterocycles. The van der Waals surface area contributed by atoms with Gasteiger partial charge in [0.1, 0.15) is 23.7 Å². The summed E-state index contributed by atoms with van der Waals surface area (Å²) >= 11 is 0. The lowest BCUT2D eigenvalue weighted by atomic mass is 10.1. The minimum Gasteiger partial charge on any atom is -0.489 e. The van der Waals surface area contributed by atoms with Gasteiger partial charge >= 0.3 is 0 Å². The quantitative estimate of drug-likeness (QED) is 0.547. The number of pyridine rings is 1. The number of ether oxygens (including phenoxy) is 1. The Kier molecular flexibility index (Phi) is 4.58. The Balaban J connectivity index is 1.60. The summed E-state index contributed by atoms with van der Waals surface area (Å²) in [4.78, 5) is 16.7. The van der Waals surface area contributed by atoms with Crippen molar-refractivity contribution in [3.63, 3.8) is 0 Å². The first-order chi connectivity index (χ1) is 13.2. The molecular formula is C22H18N2O3. The van der Waals surface area contributed by atoms with Gasteiger partial charge in [0.25, 0.3) is 5.91 Å². The molecule has 0 radical (unpaired) electrons. The number of hydrogen-bond donors (Lipinski definition) is 1. The van der Waals surface area contributed by atoms with Crippen LogP contribution in [0.2, 0.25) is 0 Å². The first-order valence-electron chi connectivity index (χ1n) is 8.62. The summed E-state index contributed by atoms with van der Waals surface area (Å²) < 4.78 is 11.6. The highest BCUT2D eigenvalue weighted by Gasteiger charge is 2.19. The Bertz CT molecular complexity index is 1070. The van der Waals surface area contributed by atoms with Crippen LogP contribution in [0.3, 0.4) is 0 Å². The highest BCUT2D eigenvalue weighted by Crippen LogP contribution is 2.30. The first-order valence-corrected chi connectivity index (χ1v) is 8.62. The van der Waals surface area contributed by atoms with E-state index < -0.39 is 0 Å². The fourth-order valence-corrected chi connectivity index (χ4v) is 2.94. The minimum absolute atomic E-state index is 0.224. The molecular weight excluding hydrogens is 340 g/mol. The van der Waals surface area contributed by atoms with Gasteiger partial charge in [-0.1, -0.05) is 30.3 Å². The second kappa shape index (κ2) is 7.33. The Hall–Kier alpha value is -3.60. The van der Waals surface area contributed by atoms with Crippen molar-refractivity contribution in [3.8, 4) is 5.75 Å². The lowest BCUT2D eigenvalue weighted by molar-refractivity contribution is 0.102. The third-order valence-corrected chi connectivity index (χ3v) is 4.25. The Morgan fingerprint density at radius 2 is 1.85 bits per heavy atom. The van der Waals surface area contributed by atoms with Gasteiger partial charge in [-0.2, -0.15) is 0 Å². The fraction of sp³-hybridized carbons (Fsp3) is 0.0909. The predicted octanol–water partition coefficient (Wildman–Crippen LogP) is 4.97. The first kappa shape index (κ1) is 16.8. The molecule has 0 saturated carbocycles. The van der Waals surface area contributed by atoms with Crippen LogP contribution in [-0.4, -0.2) is 10.9 Å². The zero-order chi connectivity index (χ0) is 18.6. The number of anilines is 1. The van der Waals surface area contributed by atoms with Crippen LogP contribution in [0.1, 0.15) is 21.7 Å². The number of furan rings is 1. The Labute approximate surface area is 156 Å². The van der Waals surface area contributed by atoms with E-state index in [2.05, 4.69) is 10.3 Å². The van der Waals surface area contributed by atoms with E-state index in [1.807, 2.05) is 48.5 Å². The van der Waals surface area contributed by atoms with E-state index >= 15 is 0 Å². The van der Waals surface area contributed by atoms with E-state index in [4.69, 9.17) is 9.15 Å². The summed E-state index contributed by atoms with van der Waals surface area (Å²) in [7, 11) is 0. The average molecular weight is 358 g/mol. The lowest BCUT2D eigenvalue weighted by Gasteiger charge is -2.07. The van der Waals surface area contributed by atoms with Gasteiger partial charge in [0, 0.05) is 23.5 Å². The third-order valence-electron chi connectivity index (χ3n) is 4.25. The molecule has 0 aliphatic rings. The highest BCUT2D eigenvalue weighted by molar-refractivity contribution is 6.13. The SMILES string of the molecule is Cc1oc2ccc(OCc3ccccc3)cc2c1C(=O)Nc1ccncc1. The highest BCUT2D eigenvalue weighted by atomic mass is 16.5. The van der Waals surface area contributed by atoms with E-state index in [0.717, 1.165) is 10.9 Å². The summed E-state index contributed by atoms with van der Waals surface area (Å²) in [5.74, 6) is 1.03. The van der Waals surface area contributed by atoms with Crippen LogP contribution >= 0.6 is 0 Å². The molecule has 0 bridgehead atoms. The number of amides is 1. The van der Waals surface area contributed by atoms with Crippen LogP contribution in [0.5, 0.6) is 5.75 Å². The van der Waals surface area contributed by atoms with E-state index in [1.54, 1.807) is 31.5 Å². The van der Waals surface area contributed by atoms with E-state index in [0.29, 0.717) is 35.0 Å². The van der Waals surface area contributed by atoms with Crippen LogP contribution in [0.25, 0.3) is 11.0 Å². The van der Waals surface area contributed by atoms with Crippen molar-refractivity contribution in [2.75, 3.05) is 5.32 Å². The molecule has 4 aromatic rings. The maximum atomic E-state index is 12.8. The summed E-state index contributed by atoms with van der Waals surface area (Å²) in [6.45, 7) is 2.24. The van der Waals surface area contributed by atoms with E-state index in [-0.39, 0.29) is 5.91 Å². The zero-order valence-electron chi connectivity index (χ0n) is 14.8. The Morgan fingerprint density at radius 3 is 2.63 bits per heavy atom. The van der Waals surface area contributed by atoms with Gasteiger partial charge < -0.3 is 14.5 Å². The lowest BCUT2D eigenvalue weighted by Crippen LogP contribution is -2.12. The molecule has 27 heavy (non-hydrogen) atoms. The Morgan fingerprint density at radius 1 is 1.07 bits per heavy atom. The van der Waals surface area contributed by atoms with E-state index in [1.165, 1.54) is 0 Å². The van der Waals surface area contributed by atoms with Crippen LogP contribution in [0.4, 0.5) is 5.69 Å². The largest absolute Gasteiger partial charge is 0.489 e. The monoisotopic (exact) mass is 358 g/mol. The third kappa shape index (κ3) is 3.67. The maximum Gasteiger partial charge on any atom is 0.259 e. The van der Waals surface area contributed by atoms with Gasteiger partial charge in [-0.05, 0) is 42.8 Å². The molecule has 0 atom stereocenters. The molecule has 2 heterocycles. The van der Waals surface area contributed by atoms with Gasteiger partial charge in [0.05, 0.1) is 5.56 Å². The van der Waals surface area contributed by atoms with Gasteiger partial charge in [0.15, 0.2) is 0 Å². The van der Waals surface area contributed by atoms with Crippen LogP contribution < -0.4 is 10.1 Å². The van der Waals surface area contributed by atoms with Crippen LogP contribution in [0, 0.1) is 6.92 Å². The van der Waals surface area contributed by atoms with E-state index in [9.17, 15) is 4.79 Å². The minimum atomic E-state index is -0.224. The maximum absolute atomic E-state index is 12.8. The predicted molar refractivity (Wildman–Crippen MR) is 104 cm³/mol. The molecule has 0 unspecified atom stereocenters. The molecule has 5 nitrogen and oxygen atoms in total. The number of aryl methyl sites for hydroxylation is 1. The summed E-state index contributed by atoms with van der Waals surface area (Å²) in [6.07, 6.45) is 3.26. The number of nitrogens with one attached hydrogen (secondary N) is 1. The topological polar surface area (TPSA) is 64.4 Å². The number of fused-ring (bicyclic) bond motifs is 1. The second-order valence-electron chi connectivity index (χ2n) is 6.16. The molecule has 0 spiro atoms. The standard InChI is InChI=1S/C22H18N2O3/c1-15-21(22(25)24-17-9-11-23-12-10-17)19-13-18(7-8-20(19)27-15)26-14-16-5-3-2-4-6-16/h2-13H,14H2,1H3,(H,23,24,25). The zero-order valence-corrected chi connectivity index (χ0v) is 14.8. The molecule has 0 aliphatic heterocycles. The number of nitrogens with zero attached hydrogens (tertiary/aromatic N) is 1. The van der Waals surface area contributed by atoms with Gasteiger partial charge in [-0.25, -0.2) is 0 Å². The van der Waals surface area contributed by atoms with Crippen molar-refractivity contribution in [1.82, 2.24) is 4.98 Å². The van der Waals surface area contributed by atoms with Crippen molar-refractivity contribution < 1.29 is 13.9 Å². The molecule has 2 aromatic carbocycles. The van der Waals surface area contributed by atoms with Gasteiger partial charge in [-0.15, -0.1) is 0 Å². The molecule has 4 rings (SSSR count). The molecule has 1 amide bonds. The van der Waals surface area contributed by atoms with Crippen LogP contribution in [0.15, 0.2) is 77.5 Å². The molecule has 5 heteroatoms. The molecule has 134 valence electrons. The molecule has 2 aromatic heterocycles. The molecule has 0 fully saturated rings. The summed E-state index contributed by atoms with van der Waals surface area (Å²) in [5.41, 5.74) is 2.92. The second-order valence-corrected chi connectivity index (χ2v) is 6.16. The van der Waals surface area contributed by atoms with Crippen molar-refractivity contribution in [3.05, 3.63) is 89.9 Å². The van der Waals surface area contributed by atoms with Crippen molar-refractivity contribution in [2.24, 2.45) is 0 Å². The van der Waals surface area contributed by atoms with Crippen molar-refractivity contribution >= 4 is 22.6 Å². The van der Waals surface area contributed by atoms with Crippen molar-refractivity contribution in [1.29, 1.82) is 0 Å².